The lowest BCUT2D eigenvalue weighted by Crippen LogP contribution is -2.21. The van der Waals surface area contributed by atoms with Gasteiger partial charge in [-0.3, -0.25) is 9.89 Å². The Morgan fingerprint density at radius 3 is 2.69 bits per heavy atom. The number of aromatic amines is 1. The minimum atomic E-state index is -0.455. The number of methoxy groups -OCH3 is 1. The van der Waals surface area contributed by atoms with Crippen molar-refractivity contribution < 1.29 is 14.3 Å². The van der Waals surface area contributed by atoms with Crippen LogP contribution in [0.3, 0.4) is 0 Å². The lowest BCUT2D eigenvalue weighted by atomic mass is 9.83. The zero-order valence-corrected chi connectivity index (χ0v) is 14.9. The molecule has 0 fully saturated rings. The van der Waals surface area contributed by atoms with Crippen LogP contribution in [0.25, 0.3) is 0 Å². The summed E-state index contributed by atoms with van der Waals surface area (Å²) in [5, 5.41) is 16.5. The molecule has 1 unspecified atom stereocenters. The zero-order valence-electron chi connectivity index (χ0n) is 14.9. The Balaban J connectivity index is 2.12. The smallest absolute Gasteiger partial charge is 0.311 e. The fourth-order valence-corrected chi connectivity index (χ4v) is 3.07. The van der Waals surface area contributed by atoms with Crippen LogP contribution in [0.2, 0.25) is 0 Å². The molecule has 1 aromatic heterocycles. The molecule has 0 bridgehead atoms. The molecule has 1 aromatic carbocycles. The van der Waals surface area contributed by atoms with Crippen molar-refractivity contribution in [3.05, 3.63) is 58.1 Å². The van der Waals surface area contributed by atoms with Crippen molar-refractivity contribution in [3.63, 3.8) is 0 Å². The van der Waals surface area contributed by atoms with E-state index >= 15 is 0 Å². The van der Waals surface area contributed by atoms with Gasteiger partial charge in [0.05, 0.1) is 30.7 Å². The van der Waals surface area contributed by atoms with Gasteiger partial charge in [-0.15, -0.1) is 5.10 Å². The summed E-state index contributed by atoms with van der Waals surface area (Å²) in [6.07, 6.45) is 0.00137. The van der Waals surface area contributed by atoms with E-state index in [2.05, 4.69) is 30.1 Å². The highest BCUT2D eigenvalue weighted by atomic mass is 16.5. The minimum absolute atomic E-state index is 0.00137. The average molecular weight is 352 g/mol. The van der Waals surface area contributed by atoms with E-state index in [0.717, 1.165) is 5.56 Å². The Labute approximate surface area is 151 Å². The van der Waals surface area contributed by atoms with E-state index in [4.69, 9.17) is 15.2 Å². The van der Waals surface area contributed by atoms with Gasteiger partial charge in [0.2, 0.25) is 11.8 Å². The fraction of sp³-hybridized carbons (Fsp3) is 0.316. The topological polar surface area (TPSA) is 114 Å². The summed E-state index contributed by atoms with van der Waals surface area (Å²) in [6.45, 7) is 4.23. The van der Waals surface area contributed by atoms with Crippen LogP contribution >= 0.6 is 0 Å². The standard InChI is InChI=1S/C19H20N4O3/c1-10(2)11-4-6-12(7-5-11)16-13(9-20)18(21)26-19-17(16)14(22-23-19)8-15(24)25-3/h4-7,10,16H,8,21H2,1-3H3,(H,22,23). The fourth-order valence-electron chi connectivity index (χ4n) is 3.07. The molecule has 1 aliphatic rings. The highest BCUT2D eigenvalue weighted by molar-refractivity contribution is 5.73. The third kappa shape index (κ3) is 3.02. The Hall–Kier alpha value is -3.27. The monoisotopic (exact) mass is 352 g/mol. The Bertz CT molecular complexity index is 904. The zero-order chi connectivity index (χ0) is 18.8. The number of hydrogen-bond acceptors (Lipinski definition) is 6. The summed E-state index contributed by atoms with van der Waals surface area (Å²) in [5.41, 5.74) is 9.49. The Kier molecular flexibility index (Phi) is 4.67. The van der Waals surface area contributed by atoms with Crippen molar-refractivity contribution >= 4 is 5.97 Å². The first-order valence-corrected chi connectivity index (χ1v) is 8.27. The number of esters is 1. The molecule has 0 radical (unpaired) electrons. The van der Waals surface area contributed by atoms with Crippen LogP contribution in [0.4, 0.5) is 0 Å². The number of benzene rings is 1. The number of nitrogens with zero attached hydrogens (tertiary/aromatic N) is 2. The molecule has 1 atom stereocenters. The molecule has 0 saturated heterocycles. The normalized spacial score (nSPS) is 16.0. The van der Waals surface area contributed by atoms with Gasteiger partial charge in [0.15, 0.2) is 0 Å². The number of nitrogens with two attached hydrogens (primary N) is 1. The van der Waals surface area contributed by atoms with Crippen LogP contribution in [0, 0.1) is 11.3 Å². The number of H-pyrrole nitrogens is 1. The van der Waals surface area contributed by atoms with Gasteiger partial charge >= 0.3 is 5.97 Å². The first-order valence-electron chi connectivity index (χ1n) is 8.27. The van der Waals surface area contributed by atoms with Crippen molar-refractivity contribution in [3.8, 4) is 11.9 Å². The molecule has 0 aliphatic carbocycles. The molecule has 3 N–H and O–H groups in total. The summed E-state index contributed by atoms with van der Waals surface area (Å²) in [7, 11) is 1.32. The second-order valence-corrected chi connectivity index (χ2v) is 6.42. The van der Waals surface area contributed by atoms with Crippen LogP contribution in [0.5, 0.6) is 5.88 Å². The molecule has 7 heteroatoms. The predicted octanol–water partition coefficient (Wildman–Crippen LogP) is 2.47. The van der Waals surface area contributed by atoms with Crippen molar-refractivity contribution in [2.75, 3.05) is 7.11 Å². The molecule has 1 aliphatic heterocycles. The number of nitrogens with one attached hydrogen (secondary N) is 1. The first kappa shape index (κ1) is 17.5. The molecule has 3 rings (SSSR count). The highest BCUT2D eigenvalue weighted by Gasteiger charge is 2.35. The highest BCUT2D eigenvalue weighted by Crippen LogP contribution is 2.43. The predicted molar refractivity (Wildman–Crippen MR) is 94.1 cm³/mol. The largest absolute Gasteiger partial charge is 0.469 e. The molecule has 134 valence electrons. The quantitative estimate of drug-likeness (QED) is 0.817. The van der Waals surface area contributed by atoms with Crippen LogP contribution in [-0.4, -0.2) is 23.3 Å². The van der Waals surface area contributed by atoms with E-state index in [9.17, 15) is 10.1 Å². The third-order valence-electron chi connectivity index (χ3n) is 4.50. The molecular weight excluding hydrogens is 332 g/mol. The second kappa shape index (κ2) is 6.92. The van der Waals surface area contributed by atoms with E-state index in [-0.39, 0.29) is 18.2 Å². The van der Waals surface area contributed by atoms with Gasteiger partial charge < -0.3 is 15.2 Å². The van der Waals surface area contributed by atoms with E-state index in [0.29, 0.717) is 22.7 Å². The molecular formula is C19H20N4O3. The third-order valence-corrected chi connectivity index (χ3v) is 4.50. The number of nitriles is 1. The van der Waals surface area contributed by atoms with E-state index < -0.39 is 11.9 Å². The number of carbonyl (C=O) groups excluding carboxylic acids is 1. The van der Waals surface area contributed by atoms with Crippen molar-refractivity contribution in [1.29, 1.82) is 5.26 Å². The van der Waals surface area contributed by atoms with Crippen LogP contribution in [-0.2, 0) is 16.0 Å². The maximum Gasteiger partial charge on any atom is 0.311 e. The van der Waals surface area contributed by atoms with Gasteiger partial charge in [-0.2, -0.15) is 5.26 Å². The maximum absolute atomic E-state index is 11.7. The summed E-state index contributed by atoms with van der Waals surface area (Å²) < 4.78 is 10.2. The summed E-state index contributed by atoms with van der Waals surface area (Å²) in [6, 6.07) is 10.1. The van der Waals surface area contributed by atoms with Gasteiger partial charge in [0.1, 0.15) is 11.6 Å². The SMILES string of the molecule is COC(=O)Cc1[nH]nc2c1C(c1ccc(C(C)C)cc1)C(C#N)=C(N)O2. The van der Waals surface area contributed by atoms with Crippen LogP contribution in [0.15, 0.2) is 35.7 Å². The van der Waals surface area contributed by atoms with E-state index in [1.165, 1.54) is 12.7 Å². The van der Waals surface area contributed by atoms with Gasteiger partial charge in [-0.25, -0.2) is 0 Å². The Morgan fingerprint density at radius 2 is 2.12 bits per heavy atom. The average Bonchev–Trinajstić information content (AvgIpc) is 3.02. The lowest BCUT2D eigenvalue weighted by molar-refractivity contribution is -0.139. The number of ether oxygens (including phenoxy) is 2. The number of fused-ring (bicyclic) bond motifs is 1. The number of hydrogen-bond donors (Lipinski definition) is 2. The van der Waals surface area contributed by atoms with E-state index in [1.54, 1.807) is 0 Å². The molecule has 0 saturated carbocycles. The lowest BCUT2D eigenvalue weighted by Gasteiger charge is -2.24. The second-order valence-electron chi connectivity index (χ2n) is 6.42. The van der Waals surface area contributed by atoms with E-state index in [1.807, 2.05) is 24.3 Å². The molecule has 26 heavy (non-hydrogen) atoms. The van der Waals surface area contributed by atoms with Crippen LogP contribution < -0.4 is 10.5 Å². The van der Waals surface area contributed by atoms with Crippen molar-refractivity contribution in [2.45, 2.75) is 32.1 Å². The summed E-state index contributed by atoms with van der Waals surface area (Å²) >= 11 is 0. The first-order chi connectivity index (χ1) is 12.5. The van der Waals surface area contributed by atoms with Gasteiger partial charge in [-0.1, -0.05) is 38.1 Å². The van der Waals surface area contributed by atoms with Crippen molar-refractivity contribution in [2.24, 2.45) is 5.73 Å². The summed E-state index contributed by atoms with van der Waals surface area (Å²) in [5.74, 6) is -0.170. The number of aromatic nitrogens is 2. The number of allylic oxidation sites excluding steroid dienone is 1. The molecule has 2 aromatic rings. The molecule has 2 heterocycles. The maximum atomic E-state index is 11.7. The van der Waals surface area contributed by atoms with Gasteiger partial charge in [0, 0.05) is 0 Å². The molecule has 0 amide bonds. The molecule has 0 spiro atoms. The summed E-state index contributed by atoms with van der Waals surface area (Å²) in [4.78, 5) is 11.7. The van der Waals surface area contributed by atoms with Gasteiger partial charge in [0.25, 0.3) is 0 Å². The minimum Gasteiger partial charge on any atom is -0.469 e. The number of rotatable bonds is 4. The molecule has 7 nitrogen and oxygen atoms in total. The van der Waals surface area contributed by atoms with Crippen LogP contribution in [0.1, 0.15) is 48.1 Å². The Morgan fingerprint density at radius 1 is 1.42 bits per heavy atom. The van der Waals surface area contributed by atoms with Crippen molar-refractivity contribution in [1.82, 2.24) is 10.2 Å². The van der Waals surface area contributed by atoms with Gasteiger partial charge in [-0.05, 0) is 17.0 Å². The number of carbonyl (C=O) groups is 1.